The molecule has 1 saturated heterocycles. The molecule has 0 spiro atoms. The van der Waals surface area contributed by atoms with Gasteiger partial charge in [-0.1, -0.05) is 12.8 Å². The second-order valence-electron chi connectivity index (χ2n) is 6.86. The summed E-state index contributed by atoms with van der Waals surface area (Å²) in [6, 6.07) is 4.60. The minimum Gasteiger partial charge on any atom is -0.495 e. The van der Waals surface area contributed by atoms with Crippen LogP contribution in [0.1, 0.15) is 42.5 Å². The van der Waals surface area contributed by atoms with Crippen LogP contribution < -0.4 is 14.8 Å². The van der Waals surface area contributed by atoms with Crippen molar-refractivity contribution in [1.82, 2.24) is 14.9 Å². The Morgan fingerprint density at radius 3 is 2.69 bits per heavy atom. The summed E-state index contributed by atoms with van der Waals surface area (Å²) >= 11 is 0. The Morgan fingerprint density at radius 1 is 1.19 bits per heavy atom. The highest BCUT2D eigenvalue weighted by atomic mass is 32.2. The number of benzene rings is 1. The highest BCUT2D eigenvalue weighted by Gasteiger charge is 2.27. The number of hydrogen-bond acceptors (Lipinski definition) is 5. The van der Waals surface area contributed by atoms with E-state index in [0.717, 1.165) is 45.2 Å². The Bertz CT molecular complexity index is 737. The molecule has 1 aromatic rings. The summed E-state index contributed by atoms with van der Waals surface area (Å²) in [5, 5.41) is 3.26. The van der Waals surface area contributed by atoms with Crippen LogP contribution in [-0.4, -0.2) is 58.6 Å². The maximum absolute atomic E-state index is 12.8. The zero-order chi connectivity index (χ0) is 18.6. The largest absolute Gasteiger partial charge is 0.495 e. The van der Waals surface area contributed by atoms with Crippen molar-refractivity contribution in [2.24, 2.45) is 0 Å². The van der Waals surface area contributed by atoms with E-state index in [2.05, 4.69) is 10.0 Å². The van der Waals surface area contributed by atoms with Crippen molar-refractivity contribution in [3.8, 4) is 5.75 Å². The number of nitrogens with one attached hydrogen (secondary N) is 2. The molecule has 0 atom stereocenters. The molecule has 1 aliphatic heterocycles. The monoisotopic (exact) mass is 381 g/mol. The number of hydrogen-bond donors (Lipinski definition) is 2. The molecule has 7 nitrogen and oxygen atoms in total. The van der Waals surface area contributed by atoms with Crippen LogP contribution in [0.5, 0.6) is 5.75 Å². The minimum absolute atomic E-state index is 0.0331. The van der Waals surface area contributed by atoms with E-state index >= 15 is 0 Å². The highest BCUT2D eigenvalue weighted by Crippen LogP contribution is 2.27. The summed E-state index contributed by atoms with van der Waals surface area (Å²) in [5.41, 5.74) is 0.375. The van der Waals surface area contributed by atoms with Crippen LogP contribution in [-0.2, 0) is 10.0 Å². The quantitative estimate of drug-likeness (QED) is 0.804. The standard InChI is InChI=1S/C18H27N3O4S/c1-25-16-8-7-14(18(22)21-11-4-9-19-10-12-21)13-17(16)26(23,24)20-15-5-2-3-6-15/h7-8,13,15,19-20H,2-6,9-12H2,1H3. The molecular formula is C18H27N3O4S. The number of carbonyl (C=O) groups is 1. The van der Waals surface area contributed by atoms with Crippen molar-refractivity contribution in [3.63, 3.8) is 0 Å². The van der Waals surface area contributed by atoms with Crippen molar-refractivity contribution < 1.29 is 17.9 Å². The molecule has 1 amide bonds. The van der Waals surface area contributed by atoms with E-state index in [1.165, 1.54) is 13.2 Å². The highest BCUT2D eigenvalue weighted by molar-refractivity contribution is 7.89. The van der Waals surface area contributed by atoms with Gasteiger partial charge in [-0.3, -0.25) is 4.79 Å². The smallest absolute Gasteiger partial charge is 0.253 e. The predicted molar refractivity (Wildman–Crippen MR) is 99.0 cm³/mol. The Morgan fingerprint density at radius 2 is 1.96 bits per heavy atom. The summed E-state index contributed by atoms with van der Waals surface area (Å²) in [4.78, 5) is 14.6. The van der Waals surface area contributed by atoms with Gasteiger partial charge < -0.3 is 15.0 Å². The van der Waals surface area contributed by atoms with Gasteiger partial charge in [0.05, 0.1) is 7.11 Å². The Hall–Kier alpha value is -1.64. The van der Waals surface area contributed by atoms with E-state index in [4.69, 9.17) is 4.74 Å². The summed E-state index contributed by atoms with van der Waals surface area (Å²) < 4.78 is 33.7. The summed E-state index contributed by atoms with van der Waals surface area (Å²) in [6.45, 7) is 2.92. The Balaban J connectivity index is 1.86. The lowest BCUT2D eigenvalue weighted by Gasteiger charge is -2.21. The number of methoxy groups -OCH3 is 1. The van der Waals surface area contributed by atoms with Crippen LogP contribution in [0.3, 0.4) is 0 Å². The first-order valence-corrected chi connectivity index (χ1v) is 10.7. The summed E-state index contributed by atoms with van der Waals surface area (Å²) in [7, 11) is -2.30. The van der Waals surface area contributed by atoms with E-state index in [1.807, 2.05) is 0 Å². The van der Waals surface area contributed by atoms with E-state index in [-0.39, 0.29) is 22.6 Å². The number of rotatable bonds is 5. The summed E-state index contributed by atoms with van der Waals surface area (Å²) in [6.07, 6.45) is 4.65. The predicted octanol–water partition coefficient (Wildman–Crippen LogP) is 1.35. The SMILES string of the molecule is COc1ccc(C(=O)N2CCCNCC2)cc1S(=O)(=O)NC1CCCC1. The third-order valence-electron chi connectivity index (χ3n) is 5.00. The summed E-state index contributed by atoms with van der Waals surface area (Å²) in [5.74, 6) is 0.109. The molecule has 26 heavy (non-hydrogen) atoms. The van der Waals surface area contributed by atoms with E-state index in [9.17, 15) is 13.2 Å². The van der Waals surface area contributed by atoms with Gasteiger partial charge in [-0.25, -0.2) is 13.1 Å². The molecule has 2 N–H and O–H groups in total. The van der Waals surface area contributed by atoms with Gasteiger partial charge in [0.2, 0.25) is 10.0 Å². The van der Waals surface area contributed by atoms with Gasteiger partial charge in [0, 0.05) is 31.2 Å². The van der Waals surface area contributed by atoms with Crippen molar-refractivity contribution >= 4 is 15.9 Å². The first kappa shape index (κ1) is 19.1. The van der Waals surface area contributed by atoms with Gasteiger partial charge in [0.25, 0.3) is 5.91 Å². The van der Waals surface area contributed by atoms with Gasteiger partial charge in [-0.05, 0) is 44.0 Å². The van der Waals surface area contributed by atoms with Crippen LogP contribution in [0, 0.1) is 0 Å². The van der Waals surface area contributed by atoms with E-state index in [1.54, 1.807) is 17.0 Å². The normalized spacial score (nSPS) is 19.3. The molecule has 3 rings (SSSR count). The van der Waals surface area contributed by atoms with Gasteiger partial charge in [-0.2, -0.15) is 0 Å². The zero-order valence-electron chi connectivity index (χ0n) is 15.2. The van der Waals surface area contributed by atoms with Crippen molar-refractivity contribution in [1.29, 1.82) is 0 Å². The van der Waals surface area contributed by atoms with Crippen molar-refractivity contribution in [2.45, 2.75) is 43.0 Å². The molecule has 1 heterocycles. The van der Waals surface area contributed by atoms with Crippen molar-refractivity contribution in [2.75, 3.05) is 33.3 Å². The van der Waals surface area contributed by atoms with Crippen LogP contribution in [0.25, 0.3) is 0 Å². The first-order chi connectivity index (χ1) is 12.5. The fourth-order valence-electron chi connectivity index (χ4n) is 3.58. The number of carbonyl (C=O) groups excluding carboxylic acids is 1. The average Bonchev–Trinajstić information content (AvgIpc) is 2.98. The minimum atomic E-state index is -3.74. The number of amides is 1. The Kier molecular flexibility index (Phi) is 6.16. The third-order valence-corrected chi connectivity index (χ3v) is 6.55. The third kappa shape index (κ3) is 4.36. The molecule has 0 aromatic heterocycles. The van der Waals surface area contributed by atoms with Gasteiger partial charge in [0.1, 0.15) is 10.6 Å². The van der Waals surface area contributed by atoms with Crippen LogP contribution in [0.2, 0.25) is 0 Å². The van der Waals surface area contributed by atoms with Gasteiger partial charge in [-0.15, -0.1) is 0 Å². The van der Waals surface area contributed by atoms with Crippen LogP contribution >= 0.6 is 0 Å². The molecular weight excluding hydrogens is 354 g/mol. The molecule has 2 aliphatic rings. The molecule has 0 bridgehead atoms. The molecule has 2 fully saturated rings. The number of nitrogens with zero attached hydrogens (tertiary/aromatic N) is 1. The molecule has 144 valence electrons. The Labute approximate surface area is 155 Å². The molecule has 1 saturated carbocycles. The van der Waals surface area contributed by atoms with Crippen molar-refractivity contribution in [3.05, 3.63) is 23.8 Å². The van der Waals surface area contributed by atoms with Crippen LogP contribution in [0.15, 0.2) is 23.1 Å². The van der Waals surface area contributed by atoms with Gasteiger partial charge in [0.15, 0.2) is 0 Å². The fraction of sp³-hybridized carbons (Fsp3) is 0.611. The number of sulfonamides is 1. The molecule has 1 aromatic carbocycles. The maximum Gasteiger partial charge on any atom is 0.253 e. The van der Waals surface area contributed by atoms with Gasteiger partial charge >= 0.3 is 0 Å². The second kappa shape index (κ2) is 8.37. The maximum atomic E-state index is 12.8. The number of ether oxygens (including phenoxy) is 1. The molecule has 0 radical (unpaired) electrons. The fourth-order valence-corrected chi connectivity index (χ4v) is 5.08. The zero-order valence-corrected chi connectivity index (χ0v) is 16.0. The molecule has 1 aliphatic carbocycles. The lowest BCUT2D eigenvalue weighted by molar-refractivity contribution is 0.0766. The topological polar surface area (TPSA) is 87.7 Å². The lowest BCUT2D eigenvalue weighted by Crippen LogP contribution is -2.35. The first-order valence-electron chi connectivity index (χ1n) is 9.21. The average molecular weight is 381 g/mol. The second-order valence-corrected chi connectivity index (χ2v) is 8.55. The van der Waals surface area contributed by atoms with Crippen LogP contribution in [0.4, 0.5) is 0 Å². The lowest BCUT2D eigenvalue weighted by atomic mass is 10.2. The van der Waals surface area contributed by atoms with E-state index in [0.29, 0.717) is 18.7 Å². The molecule has 8 heteroatoms. The molecule has 0 unspecified atom stereocenters. The van der Waals surface area contributed by atoms with E-state index < -0.39 is 10.0 Å².